The van der Waals surface area contributed by atoms with Crippen molar-refractivity contribution in [3.05, 3.63) is 66.2 Å². The summed E-state index contributed by atoms with van der Waals surface area (Å²) in [7, 11) is 4.10. The molecule has 2 aliphatic rings. The topological polar surface area (TPSA) is 80.0 Å². The second-order valence-corrected chi connectivity index (χ2v) is 10.2. The van der Waals surface area contributed by atoms with E-state index in [9.17, 15) is 4.79 Å². The van der Waals surface area contributed by atoms with Crippen molar-refractivity contribution < 1.29 is 4.79 Å². The number of piperidine rings is 1. The lowest BCUT2D eigenvalue weighted by molar-refractivity contribution is 0.0900. The Hall–Kier alpha value is -3.65. The molecular formula is C27H29N7O. The lowest BCUT2D eigenvalue weighted by Gasteiger charge is -2.54. The highest BCUT2D eigenvalue weighted by Crippen LogP contribution is 2.41. The Morgan fingerprint density at radius 3 is 2.60 bits per heavy atom. The van der Waals surface area contributed by atoms with Gasteiger partial charge < -0.3 is 9.80 Å². The van der Waals surface area contributed by atoms with Gasteiger partial charge in [0.05, 0.1) is 23.8 Å². The Kier molecular flexibility index (Phi) is 5.33. The molecule has 0 radical (unpaired) electrons. The van der Waals surface area contributed by atoms with Gasteiger partial charge in [-0.1, -0.05) is 6.07 Å². The molecule has 0 bridgehead atoms. The minimum absolute atomic E-state index is 0.0280. The van der Waals surface area contributed by atoms with Crippen LogP contribution < -0.4 is 4.90 Å². The molecule has 178 valence electrons. The monoisotopic (exact) mass is 467 g/mol. The number of aryl methyl sites for hydroxylation is 1. The quantitative estimate of drug-likeness (QED) is 0.416. The van der Waals surface area contributed by atoms with Crippen LogP contribution in [0.4, 0.5) is 5.82 Å². The number of anilines is 1. The summed E-state index contributed by atoms with van der Waals surface area (Å²) in [4.78, 5) is 22.4. The van der Waals surface area contributed by atoms with E-state index in [4.69, 9.17) is 0 Å². The fourth-order valence-electron chi connectivity index (χ4n) is 5.29. The van der Waals surface area contributed by atoms with Crippen LogP contribution in [0.2, 0.25) is 0 Å². The Morgan fingerprint density at radius 2 is 1.83 bits per heavy atom. The zero-order chi connectivity index (χ0) is 24.0. The molecule has 0 atom stereocenters. The average molecular weight is 468 g/mol. The van der Waals surface area contributed by atoms with Crippen molar-refractivity contribution in [2.24, 2.45) is 12.5 Å². The molecule has 0 unspecified atom stereocenters. The number of nitrogens with zero attached hydrogens (tertiary/aromatic N) is 7. The number of pyridine rings is 1. The molecule has 3 aromatic heterocycles. The number of Topliss-reactive ketones (excluding diaryl/α,β-unsaturated/α-hetero) is 1. The van der Waals surface area contributed by atoms with E-state index in [2.05, 4.69) is 43.2 Å². The van der Waals surface area contributed by atoms with Gasteiger partial charge in [0.2, 0.25) is 0 Å². The standard InChI is InChI=1S/C27H29N7O/c1-32-9-6-27(7-10-32)17-34(18-27)26-13-20(5-8-28-26)25(35)14-23-12-21-11-19(3-4-24(21)31-30-23)22-15-29-33(2)16-22/h3-5,8,11-13,15-16H,6-7,9-10,14,17-18H2,1-2H3. The summed E-state index contributed by atoms with van der Waals surface area (Å²) in [5.74, 6) is 0.923. The Bertz CT molecular complexity index is 1400. The first-order chi connectivity index (χ1) is 17.0. The van der Waals surface area contributed by atoms with Gasteiger partial charge in [0.15, 0.2) is 5.78 Å². The van der Waals surface area contributed by atoms with Crippen LogP contribution in [0.5, 0.6) is 0 Å². The Balaban J connectivity index is 1.17. The van der Waals surface area contributed by atoms with Gasteiger partial charge in [-0.3, -0.25) is 9.48 Å². The zero-order valence-corrected chi connectivity index (χ0v) is 20.2. The maximum absolute atomic E-state index is 13.1. The summed E-state index contributed by atoms with van der Waals surface area (Å²) < 4.78 is 1.78. The fourth-order valence-corrected chi connectivity index (χ4v) is 5.29. The maximum atomic E-state index is 13.1. The molecule has 35 heavy (non-hydrogen) atoms. The Labute approximate surface area is 204 Å². The van der Waals surface area contributed by atoms with Crippen LogP contribution in [-0.4, -0.2) is 68.9 Å². The lowest BCUT2D eigenvalue weighted by atomic mass is 9.72. The summed E-state index contributed by atoms with van der Waals surface area (Å²) in [5.41, 5.74) is 4.67. The molecule has 5 heterocycles. The number of benzene rings is 1. The average Bonchev–Trinajstić information content (AvgIpc) is 3.29. The van der Waals surface area contributed by atoms with Gasteiger partial charge in [-0.25, -0.2) is 4.98 Å². The van der Waals surface area contributed by atoms with E-state index in [1.807, 2.05) is 43.7 Å². The third-order valence-corrected chi connectivity index (χ3v) is 7.51. The van der Waals surface area contributed by atoms with E-state index in [0.717, 1.165) is 54.0 Å². The summed E-state index contributed by atoms with van der Waals surface area (Å²) in [6.07, 6.45) is 8.25. The first-order valence-electron chi connectivity index (χ1n) is 12.1. The summed E-state index contributed by atoms with van der Waals surface area (Å²) in [6, 6.07) is 11.7. The highest BCUT2D eigenvalue weighted by Gasteiger charge is 2.44. The van der Waals surface area contributed by atoms with Gasteiger partial charge in [0, 0.05) is 54.5 Å². The highest BCUT2D eigenvalue weighted by molar-refractivity contribution is 5.98. The van der Waals surface area contributed by atoms with Gasteiger partial charge in [-0.05, 0) is 68.9 Å². The summed E-state index contributed by atoms with van der Waals surface area (Å²) in [5, 5.41) is 13.9. The SMILES string of the molecule is CN1CCC2(CC1)CN(c1cc(C(=O)Cc3cc4cc(-c5cnn(C)c5)ccc4nn3)ccn1)C2. The van der Waals surface area contributed by atoms with Crippen LogP contribution in [0.3, 0.4) is 0 Å². The zero-order valence-electron chi connectivity index (χ0n) is 20.2. The minimum atomic E-state index is 0.0280. The van der Waals surface area contributed by atoms with Crippen LogP contribution >= 0.6 is 0 Å². The minimum Gasteiger partial charge on any atom is -0.355 e. The van der Waals surface area contributed by atoms with E-state index in [1.54, 1.807) is 16.9 Å². The number of ketones is 1. The summed E-state index contributed by atoms with van der Waals surface area (Å²) in [6.45, 7) is 4.38. The van der Waals surface area contributed by atoms with E-state index in [0.29, 0.717) is 16.7 Å². The Morgan fingerprint density at radius 1 is 1.00 bits per heavy atom. The van der Waals surface area contributed by atoms with Crippen molar-refractivity contribution in [1.29, 1.82) is 0 Å². The normalized spacial score (nSPS) is 17.6. The molecular weight excluding hydrogens is 438 g/mol. The van der Waals surface area contributed by atoms with Crippen molar-refractivity contribution >= 4 is 22.5 Å². The molecule has 2 saturated heterocycles. The van der Waals surface area contributed by atoms with E-state index in [1.165, 1.54) is 12.8 Å². The molecule has 0 N–H and O–H groups in total. The number of rotatable bonds is 5. The van der Waals surface area contributed by atoms with E-state index in [-0.39, 0.29) is 12.2 Å². The number of fused-ring (bicyclic) bond motifs is 1. The molecule has 2 fully saturated rings. The molecule has 1 spiro atoms. The molecule has 0 amide bonds. The molecule has 8 heteroatoms. The smallest absolute Gasteiger partial charge is 0.169 e. The largest absolute Gasteiger partial charge is 0.355 e. The number of hydrogen-bond acceptors (Lipinski definition) is 7. The molecule has 0 saturated carbocycles. The van der Waals surface area contributed by atoms with Gasteiger partial charge >= 0.3 is 0 Å². The van der Waals surface area contributed by atoms with Crippen molar-refractivity contribution in [2.75, 3.05) is 38.1 Å². The van der Waals surface area contributed by atoms with Gasteiger partial charge in [0.1, 0.15) is 5.82 Å². The molecule has 8 nitrogen and oxygen atoms in total. The van der Waals surface area contributed by atoms with E-state index >= 15 is 0 Å². The van der Waals surface area contributed by atoms with Gasteiger partial charge in [0.25, 0.3) is 0 Å². The molecule has 1 aromatic carbocycles. The van der Waals surface area contributed by atoms with Gasteiger partial charge in [-0.2, -0.15) is 15.3 Å². The van der Waals surface area contributed by atoms with Crippen molar-refractivity contribution in [2.45, 2.75) is 19.3 Å². The number of carbonyl (C=O) groups excluding carboxylic acids is 1. The van der Waals surface area contributed by atoms with Crippen LogP contribution in [0.15, 0.2) is 55.0 Å². The van der Waals surface area contributed by atoms with E-state index < -0.39 is 0 Å². The number of aromatic nitrogens is 5. The molecule has 0 aliphatic carbocycles. The number of likely N-dealkylation sites (tertiary alicyclic amines) is 1. The molecule has 4 aromatic rings. The predicted molar refractivity (Wildman–Crippen MR) is 135 cm³/mol. The van der Waals surface area contributed by atoms with Crippen molar-refractivity contribution in [3.8, 4) is 11.1 Å². The van der Waals surface area contributed by atoms with Crippen LogP contribution in [0, 0.1) is 5.41 Å². The molecule has 6 rings (SSSR count). The lowest BCUT2D eigenvalue weighted by Crippen LogP contribution is -2.60. The van der Waals surface area contributed by atoms with Crippen LogP contribution in [0.1, 0.15) is 28.9 Å². The van der Waals surface area contributed by atoms with Crippen LogP contribution in [0.25, 0.3) is 22.0 Å². The second kappa shape index (κ2) is 8.53. The second-order valence-electron chi connectivity index (χ2n) is 10.2. The fraction of sp³-hybridized carbons (Fsp3) is 0.370. The highest BCUT2D eigenvalue weighted by atomic mass is 16.1. The van der Waals surface area contributed by atoms with Crippen LogP contribution in [-0.2, 0) is 13.5 Å². The summed E-state index contributed by atoms with van der Waals surface area (Å²) >= 11 is 0. The first-order valence-corrected chi connectivity index (χ1v) is 12.1. The third-order valence-electron chi connectivity index (χ3n) is 7.51. The van der Waals surface area contributed by atoms with Crippen molar-refractivity contribution in [3.63, 3.8) is 0 Å². The first kappa shape index (κ1) is 21.9. The van der Waals surface area contributed by atoms with Crippen molar-refractivity contribution in [1.82, 2.24) is 29.9 Å². The molecule has 2 aliphatic heterocycles. The van der Waals surface area contributed by atoms with Gasteiger partial charge in [-0.15, -0.1) is 0 Å². The number of hydrogen-bond donors (Lipinski definition) is 0. The predicted octanol–water partition coefficient (Wildman–Crippen LogP) is 3.38. The third kappa shape index (κ3) is 4.30. The maximum Gasteiger partial charge on any atom is 0.169 e. The number of carbonyl (C=O) groups is 1.